The van der Waals surface area contributed by atoms with E-state index in [1.807, 2.05) is 12.1 Å². The average Bonchev–Trinajstić information content (AvgIpc) is 2.54. The van der Waals surface area contributed by atoms with Crippen molar-refractivity contribution in [3.8, 4) is 0 Å². The van der Waals surface area contributed by atoms with Crippen molar-refractivity contribution in [2.24, 2.45) is 0 Å². The minimum Gasteiger partial charge on any atom is -0.349 e. The van der Waals surface area contributed by atoms with Crippen LogP contribution in [-0.4, -0.2) is 5.91 Å². The van der Waals surface area contributed by atoms with E-state index in [-0.39, 0.29) is 11.9 Å². The maximum absolute atomic E-state index is 12.3. The fourth-order valence-electron chi connectivity index (χ4n) is 3.14. The predicted octanol–water partition coefficient (Wildman–Crippen LogP) is 5.12. The van der Waals surface area contributed by atoms with Gasteiger partial charge in [0.2, 0.25) is 5.91 Å². The first-order valence-electron chi connectivity index (χ1n) is 7.94. The molecule has 1 N–H and O–H groups in total. The monoisotopic (exact) mass is 347 g/mol. The van der Waals surface area contributed by atoms with Crippen LogP contribution in [-0.2, 0) is 17.6 Å². The van der Waals surface area contributed by atoms with Gasteiger partial charge >= 0.3 is 0 Å². The van der Waals surface area contributed by atoms with Crippen molar-refractivity contribution in [2.45, 2.75) is 38.1 Å². The molecule has 1 aliphatic carbocycles. The second-order valence-electron chi connectivity index (χ2n) is 5.95. The Kier molecular flexibility index (Phi) is 5.24. The molecule has 0 saturated heterocycles. The fraction of sp³-hybridized carbons (Fsp3) is 0.316. The van der Waals surface area contributed by atoms with E-state index in [9.17, 15) is 4.79 Å². The molecule has 1 atom stereocenters. The molecule has 23 heavy (non-hydrogen) atoms. The molecule has 0 bridgehead atoms. The summed E-state index contributed by atoms with van der Waals surface area (Å²) < 4.78 is 0. The van der Waals surface area contributed by atoms with Gasteiger partial charge in [0, 0.05) is 16.5 Å². The molecule has 0 saturated carbocycles. The first-order valence-corrected chi connectivity index (χ1v) is 8.70. The van der Waals surface area contributed by atoms with Crippen LogP contribution in [0.5, 0.6) is 0 Å². The highest BCUT2D eigenvalue weighted by atomic mass is 35.5. The van der Waals surface area contributed by atoms with E-state index in [4.69, 9.17) is 23.2 Å². The highest BCUT2D eigenvalue weighted by Gasteiger charge is 2.21. The number of carbonyl (C=O) groups excluding carboxylic acids is 1. The zero-order valence-corrected chi connectivity index (χ0v) is 14.3. The molecular weight excluding hydrogens is 329 g/mol. The Morgan fingerprint density at radius 1 is 1.17 bits per heavy atom. The fourth-order valence-corrected chi connectivity index (χ4v) is 3.65. The van der Waals surface area contributed by atoms with Crippen LogP contribution in [0.15, 0.2) is 42.5 Å². The Morgan fingerprint density at radius 3 is 2.83 bits per heavy atom. The Labute approximate surface area is 146 Å². The molecule has 0 heterocycles. The van der Waals surface area contributed by atoms with E-state index < -0.39 is 0 Å². The number of fused-ring (bicyclic) bond motifs is 1. The van der Waals surface area contributed by atoms with Gasteiger partial charge in [-0.1, -0.05) is 53.5 Å². The van der Waals surface area contributed by atoms with Crippen LogP contribution in [0.25, 0.3) is 0 Å². The molecule has 0 radical (unpaired) electrons. The van der Waals surface area contributed by atoms with E-state index in [1.54, 1.807) is 12.1 Å². The molecular formula is C19H19Cl2NO. The molecule has 2 nitrogen and oxygen atoms in total. The Morgan fingerprint density at radius 2 is 2.00 bits per heavy atom. The molecule has 120 valence electrons. The van der Waals surface area contributed by atoms with Gasteiger partial charge in [-0.05, 0) is 54.5 Å². The van der Waals surface area contributed by atoms with Crippen molar-refractivity contribution in [1.29, 1.82) is 0 Å². The van der Waals surface area contributed by atoms with Crippen LogP contribution in [0.1, 0.15) is 42.0 Å². The van der Waals surface area contributed by atoms with Crippen molar-refractivity contribution in [3.05, 3.63) is 69.2 Å². The van der Waals surface area contributed by atoms with Gasteiger partial charge in [-0.25, -0.2) is 0 Å². The van der Waals surface area contributed by atoms with Crippen molar-refractivity contribution >= 4 is 29.1 Å². The summed E-state index contributed by atoms with van der Waals surface area (Å²) >= 11 is 12.0. The smallest absolute Gasteiger partial charge is 0.220 e. The molecule has 2 aromatic rings. The summed E-state index contributed by atoms with van der Waals surface area (Å²) in [6.07, 6.45) is 4.27. The molecule has 0 unspecified atom stereocenters. The molecule has 3 rings (SSSR count). The molecule has 0 aromatic heterocycles. The van der Waals surface area contributed by atoms with Crippen LogP contribution in [0.4, 0.5) is 0 Å². The maximum Gasteiger partial charge on any atom is 0.220 e. The molecule has 0 fully saturated rings. The van der Waals surface area contributed by atoms with Crippen LogP contribution in [0.3, 0.4) is 0 Å². The van der Waals surface area contributed by atoms with Crippen molar-refractivity contribution in [3.63, 3.8) is 0 Å². The third kappa shape index (κ3) is 4.07. The topological polar surface area (TPSA) is 29.1 Å². The molecule has 4 heteroatoms. The van der Waals surface area contributed by atoms with Gasteiger partial charge in [0.05, 0.1) is 6.04 Å². The number of aryl methyl sites for hydroxylation is 2. The number of amides is 1. The second-order valence-corrected chi connectivity index (χ2v) is 6.79. The van der Waals surface area contributed by atoms with Crippen LogP contribution in [0.2, 0.25) is 10.0 Å². The summed E-state index contributed by atoms with van der Waals surface area (Å²) in [7, 11) is 0. The van der Waals surface area contributed by atoms with Gasteiger partial charge < -0.3 is 5.32 Å². The van der Waals surface area contributed by atoms with Gasteiger partial charge in [-0.3, -0.25) is 4.79 Å². The van der Waals surface area contributed by atoms with Crippen LogP contribution >= 0.6 is 23.2 Å². The number of halogens is 2. The maximum atomic E-state index is 12.3. The minimum atomic E-state index is 0.0673. The molecule has 0 spiro atoms. The van der Waals surface area contributed by atoms with Crippen molar-refractivity contribution in [2.75, 3.05) is 0 Å². The van der Waals surface area contributed by atoms with E-state index in [0.29, 0.717) is 22.9 Å². The van der Waals surface area contributed by atoms with E-state index >= 15 is 0 Å². The standard InChI is InChI=1S/C19H19Cl2NO/c20-15-10-8-14(17(21)12-15)9-11-19(23)22-18-7-3-5-13-4-1-2-6-16(13)18/h1-2,4,6,8,10,12,18H,3,5,7,9,11H2,(H,22,23)/t18-/m1/s1. The lowest BCUT2D eigenvalue weighted by atomic mass is 9.87. The SMILES string of the molecule is O=C(CCc1ccc(Cl)cc1Cl)N[C@@H]1CCCc2ccccc21. The Hall–Kier alpha value is -1.51. The van der Waals surface area contributed by atoms with Gasteiger partial charge in [-0.2, -0.15) is 0 Å². The second kappa shape index (κ2) is 7.37. The van der Waals surface area contributed by atoms with E-state index in [1.165, 1.54) is 11.1 Å². The summed E-state index contributed by atoms with van der Waals surface area (Å²) in [5, 5.41) is 4.40. The first kappa shape index (κ1) is 16.4. The third-order valence-electron chi connectivity index (χ3n) is 4.34. The van der Waals surface area contributed by atoms with Gasteiger partial charge in [0.15, 0.2) is 0 Å². The largest absolute Gasteiger partial charge is 0.349 e. The van der Waals surface area contributed by atoms with Gasteiger partial charge in [-0.15, -0.1) is 0 Å². The molecule has 2 aromatic carbocycles. The van der Waals surface area contributed by atoms with Crippen molar-refractivity contribution < 1.29 is 4.79 Å². The van der Waals surface area contributed by atoms with Crippen LogP contribution < -0.4 is 5.32 Å². The Balaban J connectivity index is 1.60. The first-order chi connectivity index (χ1) is 11.1. The lowest BCUT2D eigenvalue weighted by Gasteiger charge is -2.26. The summed E-state index contributed by atoms with van der Waals surface area (Å²) in [6.45, 7) is 0. The van der Waals surface area contributed by atoms with Crippen molar-refractivity contribution in [1.82, 2.24) is 5.32 Å². The lowest BCUT2D eigenvalue weighted by molar-refractivity contribution is -0.121. The van der Waals surface area contributed by atoms with E-state index in [0.717, 1.165) is 24.8 Å². The third-order valence-corrected chi connectivity index (χ3v) is 4.93. The number of carbonyl (C=O) groups is 1. The van der Waals surface area contributed by atoms with Crippen LogP contribution in [0, 0.1) is 0 Å². The summed E-state index contributed by atoms with van der Waals surface area (Å²) in [5.41, 5.74) is 3.57. The zero-order chi connectivity index (χ0) is 16.2. The number of hydrogen-bond acceptors (Lipinski definition) is 1. The number of hydrogen-bond donors (Lipinski definition) is 1. The Bertz CT molecular complexity index is 714. The molecule has 1 amide bonds. The highest BCUT2D eigenvalue weighted by Crippen LogP contribution is 2.29. The lowest BCUT2D eigenvalue weighted by Crippen LogP contribution is -2.31. The van der Waals surface area contributed by atoms with Gasteiger partial charge in [0.25, 0.3) is 0 Å². The number of rotatable bonds is 4. The number of benzene rings is 2. The quantitative estimate of drug-likeness (QED) is 0.816. The minimum absolute atomic E-state index is 0.0673. The average molecular weight is 348 g/mol. The summed E-state index contributed by atoms with van der Waals surface area (Å²) in [6, 6.07) is 13.9. The number of nitrogens with one attached hydrogen (secondary N) is 1. The highest BCUT2D eigenvalue weighted by molar-refractivity contribution is 6.35. The molecule has 0 aliphatic heterocycles. The van der Waals surface area contributed by atoms with E-state index in [2.05, 4.69) is 23.5 Å². The normalized spacial score (nSPS) is 16.7. The van der Waals surface area contributed by atoms with Gasteiger partial charge in [0.1, 0.15) is 0 Å². The summed E-state index contributed by atoms with van der Waals surface area (Å²) in [4.78, 5) is 12.3. The molecule has 1 aliphatic rings. The predicted molar refractivity (Wildman–Crippen MR) is 95.0 cm³/mol. The zero-order valence-electron chi connectivity index (χ0n) is 12.8. The summed E-state index contributed by atoms with van der Waals surface area (Å²) in [5.74, 6) is 0.0673.